The highest BCUT2D eigenvalue weighted by molar-refractivity contribution is 5.72. The molecule has 2 atom stereocenters. The molecule has 1 aliphatic heterocycles. The number of cyclic esters (lactones) is 1. The van der Waals surface area contributed by atoms with Crippen molar-refractivity contribution in [1.29, 1.82) is 0 Å². The Kier molecular flexibility index (Phi) is 2.46. The lowest BCUT2D eigenvalue weighted by atomic mass is 10.2. The second kappa shape index (κ2) is 3.19. The first-order valence-corrected chi connectivity index (χ1v) is 3.70. The van der Waals surface area contributed by atoms with Gasteiger partial charge in [-0.25, -0.2) is 0 Å². The highest BCUT2D eigenvalue weighted by Gasteiger charge is 2.33. The van der Waals surface area contributed by atoms with Crippen molar-refractivity contribution >= 4 is 5.97 Å². The SMILES string of the molecule is CC(C)O[C@H]1OC(=O)C[C@@H]1N. The second-order valence-corrected chi connectivity index (χ2v) is 2.91. The van der Waals surface area contributed by atoms with Gasteiger partial charge in [-0.2, -0.15) is 0 Å². The van der Waals surface area contributed by atoms with E-state index in [2.05, 4.69) is 0 Å². The first kappa shape index (κ1) is 8.49. The van der Waals surface area contributed by atoms with Crippen LogP contribution >= 0.6 is 0 Å². The lowest BCUT2D eigenvalue weighted by Gasteiger charge is -2.16. The third-order valence-corrected chi connectivity index (χ3v) is 1.41. The van der Waals surface area contributed by atoms with Crippen LogP contribution in [0.25, 0.3) is 0 Å². The lowest BCUT2D eigenvalue weighted by Crippen LogP contribution is -2.34. The Balaban J connectivity index is 2.40. The zero-order valence-electron chi connectivity index (χ0n) is 6.74. The van der Waals surface area contributed by atoms with Gasteiger partial charge in [-0.1, -0.05) is 0 Å². The Labute approximate surface area is 65.7 Å². The van der Waals surface area contributed by atoms with Crippen LogP contribution in [0.2, 0.25) is 0 Å². The Bertz CT molecular complexity index is 158. The zero-order valence-corrected chi connectivity index (χ0v) is 6.74. The minimum absolute atomic E-state index is 0.0388. The van der Waals surface area contributed by atoms with Crippen molar-refractivity contribution in [2.24, 2.45) is 5.73 Å². The summed E-state index contributed by atoms with van der Waals surface area (Å²) < 4.78 is 10.0. The average molecular weight is 159 g/mol. The summed E-state index contributed by atoms with van der Waals surface area (Å²) in [5.41, 5.74) is 5.55. The third-order valence-electron chi connectivity index (χ3n) is 1.41. The molecule has 0 saturated carbocycles. The molecule has 2 N–H and O–H groups in total. The summed E-state index contributed by atoms with van der Waals surface area (Å²) in [6.07, 6.45) is -0.239. The summed E-state index contributed by atoms with van der Waals surface area (Å²) >= 11 is 0. The summed E-state index contributed by atoms with van der Waals surface area (Å²) in [5, 5.41) is 0. The van der Waals surface area contributed by atoms with Gasteiger partial charge in [0.05, 0.1) is 18.6 Å². The highest BCUT2D eigenvalue weighted by Crippen LogP contribution is 2.15. The van der Waals surface area contributed by atoms with E-state index >= 15 is 0 Å². The summed E-state index contributed by atoms with van der Waals surface area (Å²) in [5.74, 6) is -0.275. The van der Waals surface area contributed by atoms with Gasteiger partial charge in [0.25, 0.3) is 0 Å². The van der Waals surface area contributed by atoms with Crippen molar-refractivity contribution < 1.29 is 14.3 Å². The number of carbonyl (C=O) groups excluding carboxylic acids is 1. The maximum absolute atomic E-state index is 10.7. The van der Waals surface area contributed by atoms with Crippen molar-refractivity contribution in [3.63, 3.8) is 0 Å². The molecule has 1 rings (SSSR count). The van der Waals surface area contributed by atoms with E-state index in [9.17, 15) is 4.79 Å². The van der Waals surface area contributed by atoms with Gasteiger partial charge in [-0.05, 0) is 13.8 Å². The molecule has 0 aromatic heterocycles. The molecule has 1 aliphatic rings. The first-order chi connectivity index (χ1) is 5.09. The van der Waals surface area contributed by atoms with Crippen molar-refractivity contribution in [3.05, 3.63) is 0 Å². The summed E-state index contributed by atoms with van der Waals surface area (Å²) in [7, 11) is 0. The first-order valence-electron chi connectivity index (χ1n) is 3.70. The number of nitrogens with two attached hydrogens (primary N) is 1. The quantitative estimate of drug-likeness (QED) is 0.576. The highest BCUT2D eigenvalue weighted by atomic mass is 16.7. The maximum Gasteiger partial charge on any atom is 0.309 e. The van der Waals surface area contributed by atoms with Gasteiger partial charge in [0.2, 0.25) is 6.29 Å². The molecular formula is C7H13NO3. The number of carbonyl (C=O) groups is 1. The van der Waals surface area contributed by atoms with Crippen molar-refractivity contribution in [1.82, 2.24) is 0 Å². The number of rotatable bonds is 2. The molecular weight excluding hydrogens is 146 g/mol. The van der Waals surface area contributed by atoms with Crippen LogP contribution in [0.1, 0.15) is 20.3 Å². The smallest absolute Gasteiger partial charge is 0.309 e. The van der Waals surface area contributed by atoms with Gasteiger partial charge in [-0.3, -0.25) is 4.79 Å². The van der Waals surface area contributed by atoms with Gasteiger partial charge < -0.3 is 15.2 Å². The minimum Gasteiger partial charge on any atom is -0.434 e. The zero-order chi connectivity index (χ0) is 8.43. The van der Waals surface area contributed by atoms with Gasteiger partial charge in [-0.15, -0.1) is 0 Å². The molecule has 0 radical (unpaired) electrons. The lowest BCUT2D eigenvalue weighted by molar-refractivity contribution is -0.170. The van der Waals surface area contributed by atoms with E-state index in [1.165, 1.54) is 0 Å². The summed E-state index contributed by atoms with van der Waals surface area (Å²) in [4.78, 5) is 10.7. The van der Waals surface area contributed by atoms with Crippen molar-refractivity contribution in [3.8, 4) is 0 Å². The molecule has 0 unspecified atom stereocenters. The van der Waals surface area contributed by atoms with E-state index in [4.69, 9.17) is 15.2 Å². The molecule has 0 bridgehead atoms. The molecule has 64 valence electrons. The molecule has 1 saturated heterocycles. The van der Waals surface area contributed by atoms with E-state index in [0.717, 1.165) is 0 Å². The number of ether oxygens (including phenoxy) is 2. The third kappa shape index (κ3) is 2.17. The van der Waals surface area contributed by atoms with Gasteiger partial charge in [0, 0.05) is 0 Å². The van der Waals surface area contributed by atoms with Crippen LogP contribution in [0.15, 0.2) is 0 Å². The molecule has 0 aliphatic carbocycles. The number of hydrogen-bond acceptors (Lipinski definition) is 4. The number of hydrogen-bond donors (Lipinski definition) is 1. The van der Waals surface area contributed by atoms with E-state index in [0.29, 0.717) is 0 Å². The van der Waals surface area contributed by atoms with Crippen LogP contribution in [0.3, 0.4) is 0 Å². The van der Waals surface area contributed by atoms with E-state index in [-0.39, 0.29) is 24.5 Å². The fraction of sp³-hybridized carbons (Fsp3) is 0.857. The van der Waals surface area contributed by atoms with Crippen LogP contribution in [0.5, 0.6) is 0 Å². The minimum atomic E-state index is -0.539. The van der Waals surface area contributed by atoms with Gasteiger partial charge in [0.15, 0.2) is 0 Å². The predicted octanol–water partition coefficient (Wildman–Crippen LogP) is 0.0117. The molecule has 0 aromatic carbocycles. The normalized spacial score (nSPS) is 31.1. The molecule has 11 heavy (non-hydrogen) atoms. The molecule has 1 heterocycles. The van der Waals surface area contributed by atoms with Crippen molar-refractivity contribution in [2.45, 2.75) is 38.7 Å². The van der Waals surface area contributed by atoms with Crippen LogP contribution in [-0.4, -0.2) is 24.4 Å². The standard InChI is InChI=1S/C7H13NO3/c1-4(2)10-7-5(8)3-6(9)11-7/h4-5,7H,3,8H2,1-2H3/t5-,7-/m0/s1. The Morgan fingerprint density at radius 3 is 2.73 bits per heavy atom. The van der Waals surface area contributed by atoms with Crippen molar-refractivity contribution in [2.75, 3.05) is 0 Å². The van der Waals surface area contributed by atoms with Crippen LogP contribution in [0.4, 0.5) is 0 Å². The van der Waals surface area contributed by atoms with Crippen LogP contribution < -0.4 is 5.73 Å². The molecule has 4 heteroatoms. The van der Waals surface area contributed by atoms with Crippen LogP contribution in [0, 0.1) is 0 Å². The Morgan fingerprint density at radius 2 is 2.36 bits per heavy atom. The summed E-state index contributed by atoms with van der Waals surface area (Å²) in [6, 6.07) is -0.301. The fourth-order valence-corrected chi connectivity index (χ4v) is 0.951. The fourth-order valence-electron chi connectivity index (χ4n) is 0.951. The average Bonchev–Trinajstić information content (AvgIpc) is 2.09. The second-order valence-electron chi connectivity index (χ2n) is 2.91. The van der Waals surface area contributed by atoms with E-state index in [1.54, 1.807) is 0 Å². The summed E-state index contributed by atoms with van der Waals surface area (Å²) in [6.45, 7) is 3.75. The Hall–Kier alpha value is -0.610. The van der Waals surface area contributed by atoms with E-state index < -0.39 is 6.29 Å². The molecule has 4 nitrogen and oxygen atoms in total. The number of esters is 1. The largest absolute Gasteiger partial charge is 0.434 e. The predicted molar refractivity (Wildman–Crippen MR) is 38.7 cm³/mol. The maximum atomic E-state index is 10.7. The molecule has 0 amide bonds. The van der Waals surface area contributed by atoms with E-state index in [1.807, 2.05) is 13.8 Å². The van der Waals surface area contributed by atoms with Gasteiger partial charge in [0.1, 0.15) is 0 Å². The topological polar surface area (TPSA) is 61.5 Å². The van der Waals surface area contributed by atoms with Gasteiger partial charge >= 0.3 is 5.97 Å². The Morgan fingerprint density at radius 1 is 1.73 bits per heavy atom. The monoisotopic (exact) mass is 159 g/mol. The molecule has 0 aromatic rings. The molecule has 0 spiro atoms. The molecule has 1 fully saturated rings. The van der Waals surface area contributed by atoms with Crippen LogP contribution in [-0.2, 0) is 14.3 Å².